The summed E-state index contributed by atoms with van der Waals surface area (Å²) in [7, 11) is -4.05. The van der Waals surface area contributed by atoms with E-state index >= 15 is 0 Å². The molecule has 1 heterocycles. The number of carbonyl (C=O) groups is 5. The molecule has 13 heteroatoms. The highest BCUT2D eigenvalue weighted by Crippen LogP contribution is 2.35. The van der Waals surface area contributed by atoms with Crippen molar-refractivity contribution in [2.75, 3.05) is 13.1 Å². The molecule has 0 spiro atoms. The number of nitrogens with zero attached hydrogens (tertiary/aromatic N) is 1. The summed E-state index contributed by atoms with van der Waals surface area (Å²) in [6.45, 7) is 13.4. The second-order valence-corrected chi connectivity index (χ2v) is 17.7. The molecule has 12 nitrogen and oxygen atoms in total. The molecule has 5 unspecified atom stereocenters. The molecule has 2 aliphatic carbocycles. The quantitative estimate of drug-likeness (QED) is 0.149. The van der Waals surface area contributed by atoms with Gasteiger partial charge >= 0.3 is 5.91 Å². The number of nitrogens with one attached hydrogen (secondary N) is 3. The van der Waals surface area contributed by atoms with Crippen LogP contribution in [-0.2, 0) is 34.0 Å². The van der Waals surface area contributed by atoms with Gasteiger partial charge in [-0.05, 0) is 73.3 Å². The number of Topliss-reactive ketones (excluding diaryl/α,β-unsaturated/α-hetero) is 1. The van der Waals surface area contributed by atoms with E-state index in [1.807, 2.05) is 34.6 Å². The van der Waals surface area contributed by atoms with Gasteiger partial charge in [-0.3, -0.25) is 24.5 Å². The van der Waals surface area contributed by atoms with Crippen LogP contribution in [0.5, 0.6) is 0 Å². The molecule has 3 fully saturated rings. The van der Waals surface area contributed by atoms with Crippen molar-refractivity contribution in [2.45, 2.75) is 121 Å². The number of rotatable bonds is 16. The van der Waals surface area contributed by atoms with Gasteiger partial charge in [0.05, 0.1) is 4.90 Å². The number of hydrogen-bond acceptors (Lipinski definition) is 7. The zero-order valence-electron chi connectivity index (χ0n) is 30.9. The molecular formula is C38H58N5O7S+. The van der Waals surface area contributed by atoms with Crippen LogP contribution >= 0.6 is 0 Å². The molecule has 5 N–H and O–H groups in total. The van der Waals surface area contributed by atoms with Gasteiger partial charge < -0.3 is 15.5 Å². The van der Waals surface area contributed by atoms with Crippen LogP contribution in [0.1, 0.15) is 92.4 Å². The van der Waals surface area contributed by atoms with Crippen LogP contribution in [0.15, 0.2) is 47.9 Å². The van der Waals surface area contributed by atoms with Crippen LogP contribution in [0, 0.1) is 29.1 Å². The third-order valence-corrected chi connectivity index (χ3v) is 12.1. The van der Waals surface area contributed by atoms with E-state index in [1.54, 1.807) is 18.2 Å². The minimum Gasteiger partial charge on any atom is -0.346 e. The number of ketones is 1. The first-order valence-electron chi connectivity index (χ1n) is 18.5. The van der Waals surface area contributed by atoms with Crippen molar-refractivity contribution in [2.24, 2.45) is 29.1 Å². The van der Waals surface area contributed by atoms with Gasteiger partial charge in [0.2, 0.25) is 21.8 Å². The number of nitrogens with two attached hydrogens (primary N) is 1. The largest absolute Gasteiger partial charge is 0.346 e. The van der Waals surface area contributed by atoms with Crippen molar-refractivity contribution in [3.63, 3.8) is 0 Å². The standard InChI is InChI=1S/C38H57N5O7S/c1-7-21-39-36(47)32(44)29(23-25-18-19-25)40-35(46)31-28(24(2)3)20-22-43(31)37(48)33(38(4,5)6)41-34(45)30(26-14-10-8-11-15-26)42-51(49,50)27-16-12-9-13-17-27/h7,9,12-13,16-17,24-26,28-31,33,42H,1,8,10-11,14-15,18-23H2,2-6H3,(H,39,47)(H,40,46)(H,41,45)/p+1. The van der Waals surface area contributed by atoms with E-state index in [0.717, 1.165) is 32.1 Å². The molecule has 0 radical (unpaired) electrons. The fourth-order valence-electron chi connectivity index (χ4n) is 7.52. The van der Waals surface area contributed by atoms with Gasteiger partial charge in [0.25, 0.3) is 11.7 Å². The van der Waals surface area contributed by atoms with Crippen LogP contribution in [0.4, 0.5) is 0 Å². The second-order valence-electron chi connectivity index (χ2n) is 16.0. The van der Waals surface area contributed by atoms with E-state index in [1.165, 1.54) is 28.4 Å². The van der Waals surface area contributed by atoms with Gasteiger partial charge in [0, 0.05) is 19.5 Å². The van der Waals surface area contributed by atoms with Gasteiger partial charge in [-0.1, -0.05) is 78.2 Å². The Kier molecular flexibility index (Phi) is 13.8. The highest BCUT2D eigenvalue weighted by molar-refractivity contribution is 7.89. The van der Waals surface area contributed by atoms with Crippen molar-refractivity contribution in [3.8, 4) is 0 Å². The molecule has 282 valence electrons. The van der Waals surface area contributed by atoms with Crippen LogP contribution in [0.2, 0.25) is 0 Å². The Hall–Kier alpha value is -3.42. The summed E-state index contributed by atoms with van der Waals surface area (Å²) in [5, 5.41) is 6.82. The minimum atomic E-state index is -4.05. The van der Waals surface area contributed by atoms with Crippen molar-refractivity contribution in [3.05, 3.63) is 43.0 Å². The number of carbonyl (C=O) groups excluding carboxylic acids is 5. The zero-order chi connectivity index (χ0) is 37.5. The third-order valence-electron chi connectivity index (χ3n) is 10.6. The number of sulfonamides is 1. The van der Waals surface area contributed by atoms with Crippen molar-refractivity contribution >= 4 is 39.4 Å². The number of benzene rings is 1. The van der Waals surface area contributed by atoms with Gasteiger partial charge in [-0.15, -0.1) is 6.58 Å². The van der Waals surface area contributed by atoms with Gasteiger partial charge in [0.1, 0.15) is 18.1 Å². The van der Waals surface area contributed by atoms with E-state index in [-0.39, 0.29) is 47.6 Å². The van der Waals surface area contributed by atoms with E-state index in [4.69, 9.17) is 0 Å². The normalized spacial score (nSPS) is 21.8. The molecule has 3 aliphatic rings. The van der Waals surface area contributed by atoms with E-state index < -0.39 is 63.1 Å². The summed E-state index contributed by atoms with van der Waals surface area (Å²) >= 11 is 0. The molecule has 5 atom stereocenters. The smallest absolute Gasteiger partial charge is 0.333 e. The number of hydrogen-bond donors (Lipinski definition) is 4. The lowest BCUT2D eigenvalue weighted by molar-refractivity contribution is -0.595. The third kappa shape index (κ3) is 10.6. The van der Waals surface area contributed by atoms with Crippen LogP contribution in [0.3, 0.4) is 0 Å². The number of quaternary nitrogens is 1. The van der Waals surface area contributed by atoms with Crippen LogP contribution in [-0.4, -0.2) is 80.0 Å². The first-order valence-corrected chi connectivity index (χ1v) is 20.0. The highest BCUT2D eigenvalue weighted by atomic mass is 32.2. The molecule has 1 saturated heterocycles. The number of primary amides is 1. The van der Waals surface area contributed by atoms with E-state index in [2.05, 4.69) is 21.9 Å². The molecule has 4 amide bonds. The summed E-state index contributed by atoms with van der Waals surface area (Å²) in [5.74, 6) is -3.01. The molecular weight excluding hydrogens is 671 g/mol. The Balaban J connectivity index is 1.60. The Bertz CT molecular complexity index is 1530. The minimum absolute atomic E-state index is 0.0318. The maximum absolute atomic E-state index is 14.6. The molecule has 1 aromatic rings. The molecule has 4 rings (SSSR count). The predicted molar refractivity (Wildman–Crippen MR) is 193 cm³/mol. The summed E-state index contributed by atoms with van der Waals surface area (Å²) in [5.41, 5.74) is -0.802. The number of likely N-dealkylation sites (tertiary alicyclic amines) is 1. The van der Waals surface area contributed by atoms with Gasteiger partial charge in [-0.25, -0.2) is 13.2 Å². The van der Waals surface area contributed by atoms with Crippen molar-refractivity contribution < 1.29 is 37.7 Å². The van der Waals surface area contributed by atoms with E-state index in [9.17, 15) is 32.4 Å². The SMILES string of the molecule is C=CCNC(=O)C(=O)C(CC1CC1)[NH2+]C(=O)C1C(C(C)C)CCN1C(=O)C(NC(=O)C(NS(=O)(=O)c1ccccc1)C1CCCCC1)C(C)(C)C. The molecule has 1 aliphatic heterocycles. The lowest BCUT2D eigenvalue weighted by atomic mass is 9.82. The average molecular weight is 729 g/mol. The Morgan fingerprint density at radius 1 is 0.980 bits per heavy atom. The Morgan fingerprint density at radius 2 is 1.63 bits per heavy atom. The Morgan fingerprint density at radius 3 is 2.20 bits per heavy atom. The fraction of sp³-hybridized carbons (Fsp3) is 0.658. The molecule has 51 heavy (non-hydrogen) atoms. The molecule has 0 aromatic heterocycles. The van der Waals surface area contributed by atoms with Crippen molar-refractivity contribution in [1.82, 2.24) is 20.3 Å². The van der Waals surface area contributed by atoms with Crippen LogP contribution < -0.4 is 20.7 Å². The number of amides is 4. The predicted octanol–water partition coefficient (Wildman–Crippen LogP) is 2.45. The van der Waals surface area contributed by atoms with E-state index in [0.29, 0.717) is 25.7 Å². The lowest BCUT2D eigenvalue weighted by Crippen LogP contribution is -2.98. The monoisotopic (exact) mass is 728 g/mol. The summed E-state index contributed by atoms with van der Waals surface area (Å²) in [6.07, 6.45) is 8.37. The van der Waals surface area contributed by atoms with Gasteiger partial charge in [0.15, 0.2) is 6.04 Å². The molecule has 2 saturated carbocycles. The summed E-state index contributed by atoms with van der Waals surface area (Å²) in [6, 6.07) is 3.95. The van der Waals surface area contributed by atoms with Gasteiger partial charge in [-0.2, -0.15) is 4.72 Å². The molecule has 1 aromatic carbocycles. The first kappa shape index (κ1) is 40.4. The summed E-state index contributed by atoms with van der Waals surface area (Å²) < 4.78 is 29.6. The zero-order valence-corrected chi connectivity index (χ0v) is 31.7. The summed E-state index contributed by atoms with van der Waals surface area (Å²) in [4.78, 5) is 70.5. The molecule has 0 bridgehead atoms. The Labute approximate surface area is 303 Å². The average Bonchev–Trinajstić information content (AvgIpc) is 3.80. The highest BCUT2D eigenvalue weighted by Gasteiger charge is 2.50. The van der Waals surface area contributed by atoms with Crippen LogP contribution in [0.25, 0.3) is 0 Å². The maximum Gasteiger partial charge on any atom is 0.333 e. The maximum atomic E-state index is 14.6. The first-order chi connectivity index (χ1) is 24.0. The lowest BCUT2D eigenvalue weighted by Gasteiger charge is -2.38. The second kappa shape index (κ2) is 17.4. The van der Waals surface area contributed by atoms with Crippen molar-refractivity contribution in [1.29, 1.82) is 0 Å². The topological polar surface area (TPSA) is 175 Å². The fourth-order valence-corrected chi connectivity index (χ4v) is 8.80.